The van der Waals surface area contributed by atoms with E-state index in [4.69, 9.17) is 5.73 Å². The molecule has 0 bridgehead atoms. The molecule has 18 heavy (non-hydrogen) atoms. The zero-order chi connectivity index (χ0) is 13.7. The zero-order valence-electron chi connectivity index (χ0n) is 11.6. The summed E-state index contributed by atoms with van der Waals surface area (Å²) in [7, 11) is 0. The summed E-state index contributed by atoms with van der Waals surface area (Å²) in [4.78, 5) is 13.9. The number of hydrogen-bond acceptors (Lipinski definition) is 4. The Kier molecular flexibility index (Phi) is 5.27. The van der Waals surface area contributed by atoms with Crippen LogP contribution in [0.2, 0.25) is 0 Å². The SMILES string of the molecule is CCC(N)c1cn(C(C)C(=O)N(CC)CC)nn1. The third-order valence-corrected chi connectivity index (χ3v) is 3.18. The highest BCUT2D eigenvalue weighted by atomic mass is 16.2. The standard InChI is InChI=1S/C12H23N5O/c1-5-10(13)11-8-17(15-14-11)9(4)12(18)16(6-2)7-3/h8-10H,5-7,13H2,1-4H3. The molecule has 0 aliphatic carbocycles. The summed E-state index contributed by atoms with van der Waals surface area (Å²) in [5.74, 6) is 0.0570. The molecule has 1 heterocycles. The number of amides is 1. The lowest BCUT2D eigenvalue weighted by atomic mass is 10.2. The molecule has 1 amide bonds. The van der Waals surface area contributed by atoms with Gasteiger partial charge in [0.1, 0.15) is 6.04 Å². The summed E-state index contributed by atoms with van der Waals surface area (Å²) in [6.45, 7) is 9.16. The fourth-order valence-electron chi connectivity index (χ4n) is 1.77. The highest BCUT2D eigenvalue weighted by Gasteiger charge is 2.21. The van der Waals surface area contributed by atoms with Gasteiger partial charge in [0.15, 0.2) is 0 Å². The first-order valence-corrected chi connectivity index (χ1v) is 6.51. The van der Waals surface area contributed by atoms with Crippen molar-refractivity contribution in [3.63, 3.8) is 0 Å². The van der Waals surface area contributed by atoms with E-state index in [9.17, 15) is 4.79 Å². The number of likely N-dealkylation sites (N-methyl/N-ethyl adjacent to an activating group) is 1. The van der Waals surface area contributed by atoms with Gasteiger partial charge in [-0.3, -0.25) is 4.79 Å². The summed E-state index contributed by atoms with van der Waals surface area (Å²) >= 11 is 0. The van der Waals surface area contributed by atoms with Crippen LogP contribution in [0.1, 0.15) is 51.9 Å². The topological polar surface area (TPSA) is 77.0 Å². The predicted molar refractivity (Wildman–Crippen MR) is 69.9 cm³/mol. The second-order valence-corrected chi connectivity index (χ2v) is 4.32. The van der Waals surface area contributed by atoms with Gasteiger partial charge in [-0.25, -0.2) is 4.68 Å². The molecule has 0 spiro atoms. The van der Waals surface area contributed by atoms with Gasteiger partial charge in [0.25, 0.3) is 0 Å². The molecule has 1 aromatic rings. The van der Waals surface area contributed by atoms with E-state index in [0.29, 0.717) is 13.1 Å². The highest BCUT2D eigenvalue weighted by molar-refractivity contribution is 5.79. The van der Waals surface area contributed by atoms with Crippen molar-refractivity contribution in [2.24, 2.45) is 5.73 Å². The van der Waals surface area contributed by atoms with Crippen LogP contribution in [0.3, 0.4) is 0 Å². The van der Waals surface area contributed by atoms with E-state index in [1.54, 1.807) is 15.8 Å². The molecule has 0 aliphatic rings. The quantitative estimate of drug-likeness (QED) is 0.824. The van der Waals surface area contributed by atoms with Gasteiger partial charge in [0.2, 0.25) is 5.91 Å². The Morgan fingerprint density at radius 1 is 1.44 bits per heavy atom. The van der Waals surface area contributed by atoms with Crippen LogP contribution in [-0.4, -0.2) is 38.9 Å². The van der Waals surface area contributed by atoms with E-state index in [1.165, 1.54) is 0 Å². The van der Waals surface area contributed by atoms with Crippen LogP contribution >= 0.6 is 0 Å². The van der Waals surface area contributed by atoms with Gasteiger partial charge in [-0.2, -0.15) is 0 Å². The summed E-state index contributed by atoms with van der Waals surface area (Å²) in [6, 6.07) is -0.454. The molecule has 102 valence electrons. The van der Waals surface area contributed by atoms with E-state index in [-0.39, 0.29) is 18.0 Å². The molecule has 2 unspecified atom stereocenters. The molecule has 0 radical (unpaired) electrons. The van der Waals surface area contributed by atoms with Crippen molar-refractivity contribution in [1.82, 2.24) is 19.9 Å². The minimum Gasteiger partial charge on any atom is -0.341 e. The number of nitrogens with two attached hydrogens (primary N) is 1. The largest absolute Gasteiger partial charge is 0.341 e. The first-order chi connectivity index (χ1) is 8.54. The third kappa shape index (κ3) is 3.07. The fraction of sp³-hybridized carbons (Fsp3) is 0.750. The summed E-state index contributed by atoms with van der Waals surface area (Å²) in [6.07, 6.45) is 2.57. The Bertz CT molecular complexity index is 386. The van der Waals surface area contributed by atoms with Gasteiger partial charge in [0, 0.05) is 13.1 Å². The van der Waals surface area contributed by atoms with Crippen molar-refractivity contribution in [3.05, 3.63) is 11.9 Å². The zero-order valence-corrected chi connectivity index (χ0v) is 11.6. The lowest BCUT2D eigenvalue weighted by Crippen LogP contribution is -2.36. The monoisotopic (exact) mass is 253 g/mol. The van der Waals surface area contributed by atoms with Gasteiger partial charge >= 0.3 is 0 Å². The molecule has 6 heteroatoms. The number of hydrogen-bond donors (Lipinski definition) is 1. The molecular formula is C12H23N5O. The lowest BCUT2D eigenvalue weighted by molar-refractivity contribution is -0.134. The summed E-state index contributed by atoms with van der Waals surface area (Å²) < 4.78 is 1.59. The first-order valence-electron chi connectivity index (χ1n) is 6.51. The minimum absolute atomic E-state index is 0.0570. The second kappa shape index (κ2) is 6.49. The molecular weight excluding hydrogens is 230 g/mol. The van der Waals surface area contributed by atoms with Gasteiger partial charge in [-0.15, -0.1) is 5.10 Å². The van der Waals surface area contributed by atoms with Gasteiger partial charge in [0.05, 0.1) is 17.9 Å². The van der Waals surface area contributed by atoms with E-state index < -0.39 is 0 Å². The van der Waals surface area contributed by atoms with Crippen LogP contribution in [0.15, 0.2) is 6.20 Å². The summed E-state index contributed by atoms with van der Waals surface area (Å²) in [5, 5.41) is 8.02. The molecule has 0 saturated heterocycles. The molecule has 0 fully saturated rings. The minimum atomic E-state index is -0.338. The Morgan fingerprint density at radius 3 is 2.56 bits per heavy atom. The lowest BCUT2D eigenvalue weighted by Gasteiger charge is -2.22. The van der Waals surface area contributed by atoms with E-state index in [1.807, 2.05) is 27.7 Å². The average molecular weight is 253 g/mol. The molecule has 2 atom stereocenters. The van der Waals surface area contributed by atoms with Gasteiger partial charge < -0.3 is 10.6 Å². The van der Waals surface area contributed by atoms with Crippen molar-refractivity contribution >= 4 is 5.91 Å². The van der Waals surface area contributed by atoms with Crippen LogP contribution in [0, 0.1) is 0 Å². The molecule has 2 N–H and O–H groups in total. The number of rotatable bonds is 6. The second-order valence-electron chi connectivity index (χ2n) is 4.32. The van der Waals surface area contributed by atoms with Crippen LogP contribution in [-0.2, 0) is 4.79 Å². The molecule has 0 aromatic carbocycles. The Labute approximate surface area is 108 Å². The maximum absolute atomic E-state index is 12.2. The number of carbonyl (C=O) groups is 1. The molecule has 1 aromatic heterocycles. The van der Waals surface area contributed by atoms with Crippen LogP contribution in [0.5, 0.6) is 0 Å². The Morgan fingerprint density at radius 2 is 2.06 bits per heavy atom. The van der Waals surface area contributed by atoms with E-state index in [0.717, 1.165) is 12.1 Å². The van der Waals surface area contributed by atoms with Crippen molar-refractivity contribution in [2.75, 3.05) is 13.1 Å². The van der Waals surface area contributed by atoms with E-state index >= 15 is 0 Å². The maximum atomic E-state index is 12.2. The van der Waals surface area contributed by atoms with Crippen molar-refractivity contribution in [3.8, 4) is 0 Å². The Balaban J connectivity index is 2.80. The van der Waals surface area contributed by atoms with Crippen LogP contribution in [0.25, 0.3) is 0 Å². The number of carbonyl (C=O) groups excluding carboxylic acids is 1. The fourth-order valence-corrected chi connectivity index (χ4v) is 1.77. The van der Waals surface area contributed by atoms with Gasteiger partial charge in [-0.05, 0) is 27.2 Å². The normalized spacial score (nSPS) is 14.3. The molecule has 0 saturated carbocycles. The average Bonchev–Trinajstić information content (AvgIpc) is 2.87. The smallest absolute Gasteiger partial charge is 0.247 e. The number of aromatic nitrogens is 3. The molecule has 6 nitrogen and oxygen atoms in total. The summed E-state index contributed by atoms with van der Waals surface area (Å²) in [5.41, 5.74) is 6.62. The maximum Gasteiger partial charge on any atom is 0.247 e. The van der Waals surface area contributed by atoms with Gasteiger partial charge in [-0.1, -0.05) is 12.1 Å². The Hall–Kier alpha value is -1.43. The highest BCUT2D eigenvalue weighted by Crippen LogP contribution is 2.13. The van der Waals surface area contributed by atoms with Crippen molar-refractivity contribution < 1.29 is 4.79 Å². The van der Waals surface area contributed by atoms with Crippen molar-refractivity contribution in [2.45, 2.75) is 46.2 Å². The number of nitrogens with zero attached hydrogens (tertiary/aromatic N) is 4. The molecule has 0 aliphatic heterocycles. The van der Waals surface area contributed by atoms with Crippen LogP contribution < -0.4 is 5.73 Å². The van der Waals surface area contributed by atoms with Crippen LogP contribution in [0.4, 0.5) is 0 Å². The van der Waals surface area contributed by atoms with E-state index in [2.05, 4.69) is 10.3 Å². The molecule has 1 rings (SSSR count). The first kappa shape index (κ1) is 14.6. The predicted octanol–water partition coefficient (Wildman–Crippen LogP) is 1.12. The third-order valence-electron chi connectivity index (χ3n) is 3.18. The van der Waals surface area contributed by atoms with Crippen molar-refractivity contribution in [1.29, 1.82) is 0 Å².